The molecule has 1 N–H and O–H groups in total. The van der Waals surface area contributed by atoms with E-state index in [-0.39, 0.29) is 6.61 Å². The summed E-state index contributed by atoms with van der Waals surface area (Å²) in [5.74, 6) is 3.32. The number of aliphatic hydroxyl groups excluding tert-OH is 1. The average molecular weight is 212 g/mol. The molecule has 1 aromatic carbocycles. The highest BCUT2D eigenvalue weighted by Crippen LogP contribution is 2.33. The molecule has 2 rings (SSSR count). The molecular weight excluding hydrogens is 200 g/mol. The molecule has 0 amide bonds. The summed E-state index contributed by atoms with van der Waals surface area (Å²) in [6, 6.07) is 5.95. The van der Waals surface area contributed by atoms with Crippen molar-refractivity contribution in [1.82, 2.24) is 0 Å². The van der Waals surface area contributed by atoms with Gasteiger partial charge in [-0.2, -0.15) is 11.8 Å². The van der Waals surface area contributed by atoms with Crippen LogP contribution in [-0.2, 0) is 5.75 Å². The van der Waals surface area contributed by atoms with Gasteiger partial charge in [-0.1, -0.05) is 6.07 Å². The lowest BCUT2D eigenvalue weighted by molar-refractivity contribution is 0.174. The van der Waals surface area contributed by atoms with Gasteiger partial charge in [0.05, 0.1) is 6.61 Å². The summed E-state index contributed by atoms with van der Waals surface area (Å²) in [4.78, 5) is 0. The van der Waals surface area contributed by atoms with Crippen molar-refractivity contribution in [2.45, 2.75) is 5.75 Å². The highest BCUT2D eigenvalue weighted by Gasteiger charge is 2.12. The molecule has 0 radical (unpaired) electrons. The van der Waals surface area contributed by atoms with Gasteiger partial charge in [0.2, 0.25) is 6.79 Å². The number of fused-ring (bicyclic) bond motifs is 1. The van der Waals surface area contributed by atoms with Crippen LogP contribution >= 0.6 is 11.8 Å². The summed E-state index contributed by atoms with van der Waals surface area (Å²) >= 11 is 1.71. The Morgan fingerprint density at radius 3 is 3.00 bits per heavy atom. The normalized spacial score (nSPS) is 13.2. The van der Waals surface area contributed by atoms with E-state index in [1.54, 1.807) is 11.8 Å². The minimum Gasteiger partial charge on any atom is -0.454 e. The highest BCUT2D eigenvalue weighted by molar-refractivity contribution is 7.98. The molecule has 0 spiro atoms. The fourth-order valence-electron chi connectivity index (χ4n) is 1.29. The van der Waals surface area contributed by atoms with E-state index in [1.165, 1.54) is 5.56 Å². The molecule has 1 aromatic rings. The Labute approximate surface area is 87.0 Å². The molecule has 0 atom stereocenters. The zero-order chi connectivity index (χ0) is 9.80. The lowest BCUT2D eigenvalue weighted by atomic mass is 10.2. The summed E-state index contributed by atoms with van der Waals surface area (Å²) in [5, 5.41) is 8.63. The smallest absolute Gasteiger partial charge is 0.231 e. The van der Waals surface area contributed by atoms with Crippen LogP contribution in [0.3, 0.4) is 0 Å². The summed E-state index contributed by atoms with van der Waals surface area (Å²) in [6.07, 6.45) is 0. The Bertz CT molecular complexity index is 314. The number of benzene rings is 1. The molecule has 0 aromatic heterocycles. The summed E-state index contributed by atoms with van der Waals surface area (Å²) in [7, 11) is 0. The maximum absolute atomic E-state index is 8.63. The van der Waals surface area contributed by atoms with Crippen LogP contribution in [0.4, 0.5) is 0 Å². The second-order valence-corrected chi connectivity index (χ2v) is 4.07. The second-order valence-electron chi connectivity index (χ2n) is 2.96. The summed E-state index contributed by atoms with van der Waals surface area (Å²) < 4.78 is 10.5. The van der Waals surface area contributed by atoms with E-state index in [1.807, 2.05) is 18.2 Å². The van der Waals surface area contributed by atoms with Crippen molar-refractivity contribution < 1.29 is 14.6 Å². The van der Waals surface area contributed by atoms with Gasteiger partial charge in [0, 0.05) is 11.5 Å². The Morgan fingerprint density at radius 1 is 1.29 bits per heavy atom. The zero-order valence-electron chi connectivity index (χ0n) is 7.73. The van der Waals surface area contributed by atoms with Gasteiger partial charge in [0.15, 0.2) is 11.5 Å². The molecule has 1 heterocycles. The minimum absolute atomic E-state index is 0.231. The van der Waals surface area contributed by atoms with Crippen molar-refractivity contribution in [1.29, 1.82) is 0 Å². The second kappa shape index (κ2) is 4.57. The van der Waals surface area contributed by atoms with Gasteiger partial charge >= 0.3 is 0 Å². The van der Waals surface area contributed by atoms with Gasteiger partial charge in [0.1, 0.15) is 0 Å². The molecule has 0 aliphatic carbocycles. The Morgan fingerprint density at radius 2 is 2.14 bits per heavy atom. The van der Waals surface area contributed by atoms with E-state index < -0.39 is 0 Å². The molecule has 0 saturated heterocycles. The maximum Gasteiger partial charge on any atom is 0.231 e. The number of thioether (sulfide) groups is 1. The number of hydrogen-bond acceptors (Lipinski definition) is 4. The first-order chi connectivity index (χ1) is 6.90. The third-order valence-electron chi connectivity index (χ3n) is 1.94. The van der Waals surface area contributed by atoms with Gasteiger partial charge in [-0.05, 0) is 17.7 Å². The van der Waals surface area contributed by atoms with E-state index in [0.29, 0.717) is 6.79 Å². The SMILES string of the molecule is OCCSCc1ccc2c(c1)OCO2. The van der Waals surface area contributed by atoms with Crippen LogP contribution in [0.2, 0.25) is 0 Å². The molecule has 0 bridgehead atoms. The number of aliphatic hydroxyl groups is 1. The molecule has 0 saturated carbocycles. The van der Waals surface area contributed by atoms with Gasteiger partial charge in [-0.25, -0.2) is 0 Å². The van der Waals surface area contributed by atoms with Crippen LogP contribution < -0.4 is 9.47 Å². The van der Waals surface area contributed by atoms with Crippen LogP contribution in [0.25, 0.3) is 0 Å². The largest absolute Gasteiger partial charge is 0.454 e. The van der Waals surface area contributed by atoms with Gasteiger partial charge < -0.3 is 14.6 Å². The fraction of sp³-hybridized carbons (Fsp3) is 0.400. The average Bonchev–Trinajstić information content (AvgIpc) is 2.65. The third kappa shape index (κ3) is 2.13. The molecule has 1 aliphatic heterocycles. The molecular formula is C10H12O3S. The molecule has 0 unspecified atom stereocenters. The molecule has 76 valence electrons. The van der Waals surface area contributed by atoms with E-state index in [9.17, 15) is 0 Å². The van der Waals surface area contributed by atoms with E-state index >= 15 is 0 Å². The first-order valence-corrected chi connectivity index (χ1v) is 5.63. The standard InChI is InChI=1S/C10H12O3S/c11-3-4-14-6-8-1-2-9-10(5-8)13-7-12-9/h1-2,5,11H,3-4,6-7H2. The highest BCUT2D eigenvalue weighted by atomic mass is 32.2. The van der Waals surface area contributed by atoms with E-state index in [4.69, 9.17) is 14.6 Å². The summed E-state index contributed by atoms with van der Waals surface area (Å²) in [6.45, 7) is 0.553. The topological polar surface area (TPSA) is 38.7 Å². The predicted molar refractivity (Wildman–Crippen MR) is 55.8 cm³/mol. The van der Waals surface area contributed by atoms with Crippen LogP contribution in [0.5, 0.6) is 11.5 Å². The van der Waals surface area contributed by atoms with Crippen LogP contribution in [0.1, 0.15) is 5.56 Å². The Kier molecular flexibility index (Phi) is 3.16. The van der Waals surface area contributed by atoms with Crippen molar-refractivity contribution in [3.8, 4) is 11.5 Å². The monoisotopic (exact) mass is 212 g/mol. The third-order valence-corrected chi connectivity index (χ3v) is 2.95. The minimum atomic E-state index is 0.231. The molecule has 3 nitrogen and oxygen atoms in total. The van der Waals surface area contributed by atoms with Gasteiger partial charge in [0.25, 0.3) is 0 Å². The number of ether oxygens (including phenoxy) is 2. The van der Waals surface area contributed by atoms with Crippen molar-refractivity contribution in [3.63, 3.8) is 0 Å². The van der Waals surface area contributed by atoms with Crippen molar-refractivity contribution in [2.75, 3.05) is 19.2 Å². The Balaban J connectivity index is 1.98. The zero-order valence-corrected chi connectivity index (χ0v) is 8.55. The van der Waals surface area contributed by atoms with Crippen LogP contribution in [0.15, 0.2) is 18.2 Å². The molecule has 1 aliphatic rings. The van der Waals surface area contributed by atoms with Gasteiger partial charge in [-0.3, -0.25) is 0 Å². The van der Waals surface area contributed by atoms with Crippen molar-refractivity contribution >= 4 is 11.8 Å². The molecule has 14 heavy (non-hydrogen) atoms. The summed E-state index contributed by atoms with van der Waals surface area (Å²) in [5.41, 5.74) is 1.20. The predicted octanol–water partition coefficient (Wildman–Crippen LogP) is 1.64. The lowest BCUT2D eigenvalue weighted by Gasteiger charge is -2.01. The molecule has 4 heteroatoms. The van der Waals surface area contributed by atoms with Gasteiger partial charge in [-0.15, -0.1) is 0 Å². The maximum atomic E-state index is 8.63. The molecule has 0 fully saturated rings. The van der Waals surface area contributed by atoms with Crippen molar-refractivity contribution in [2.24, 2.45) is 0 Å². The first-order valence-electron chi connectivity index (χ1n) is 4.47. The van der Waals surface area contributed by atoms with E-state index in [2.05, 4.69) is 0 Å². The van der Waals surface area contributed by atoms with Crippen LogP contribution in [0, 0.1) is 0 Å². The Hall–Kier alpha value is -0.870. The number of hydrogen-bond donors (Lipinski definition) is 1. The van der Waals surface area contributed by atoms with E-state index in [0.717, 1.165) is 23.0 Å². The quantitative estimate of drug-likeness (QED) is 0.770. The van der Waals surface area contributed by atoms with Crippen molar-refractivity contribution in [3.05, 3.63) is 23.8 Å². The van der Waals surface area contributed by atoms with Crippen LogP contribution in [-0.4, -0.2) is 24.3 Å². The lowest BCUT2D eigenvalue weighted by Crippen LogP contribution is -1.92. The first kappa shape index (κ1) is 9.68. The number of rotatable bonds is 4. The fourth-order valence-corrected chi connectivity index (χ4v) is 1.97.